The molecule has 9 nitrogen and oxygen atoms in total. The zero-order valence-corrected chi connectivity index (χ0v) is 36.0. The third-order valence-corrected chi connectivity index (χ3v) is 10.2. The summed E-state index contributed by atoms with van der Waals surface area (Å²) >= 11 is 0. The molecule has 10 heteroatoms. The van der Waals surface area contributed by atoms with Crippen molar-refractivity contribution in [3.05, 3.63) is 48.6 Å². The molecule has 0 heterocycles. The van der Waals surface area contributed by atoms with Crippen LogP contribution in [0.3, 0.4) is 0 Å². The number of allylic oxidation sites excluding steroid dienone is 8. The normalized spacial score (nSPS) is 13.7. The fourth-order valence-corrected chi connectivity index (χ4v) is 6.64. The van der Waals surface area contributed by atoms with Gasteiger partial charge in [-0.15, -0.1) is 0 Å². The van der Waals surface area contributed by atoms with Gasteiger partial charge in [0.25, 0.3) is 0 Å². The molecule has 0 saturated heterocycles. The van der Waals surface area contributed by atoms with Gasteiger partial charge < -0.3 is 20.1 Å². The molecule has 320 valence electrons. The molecule has 0 aromatic carbocycles. The van der Waals surface area contributed by atoms with Crippen LogP contribution in [0.25, 0.3) is 0 Å². The highest BCUT2D eigenvalue weighted by Crippen LogP contribution is 2.43. The molecule has 0 bridgehead atoms. The first-order chi connectivity index (χ1) is 26.8. The van der Waals surface area contributed by atoms with Gasteiger partial charge in [0.05, 0.1) is 13.2 Å². The van der Waals surface area contributed by atoms with Gasteiger partial charge in [0.15, 0.2) is 6.10 Å². The maximum atomic E-state index is 12.6. The first-order valence-corrected chi connectivity index (χ1v) is 23.6. The maximum Gasteiger partial charge on any atom is 0.472 e. The molecule has 0 fully saturated rings. The summed E-state index contributed by atoms with van der Waals surface area (Å²) in [5.41, 5.74) is 5.35. The fraction of sp³-hybridized carbons (Fsp3) is 0.778. The van der Waals surface area contributed by atoms with Crippen molar-refractivity contribution in [2.24, 2.45) is 5.73 Å². The van der Waals surface area contributed by atoms with Gasteiger partial charge in [-0.05, 0) is 77.0 Å². The topological polar surface area (TPSA) is 134 Å². The highest BCUT2D eigenvalue weighted by atomic mass is 31.2. The molecule has 0 aliphatic rings. The van der Waals surface area contributed by atoms with E-state index in [2.05, 4.69) is 62.5 Å². The Kier molecular flexibility index (Phi) is 40.1. The number of nitrogens with two attached hydrogens (primary N) is 1. The van der Waals surface area contributed by atoms with Crippen LogP contribution in [0, 0.1) is 0 Å². The molecule has 55 heavy (non-hydrogen) atoms. The Labute approximate surface area is 336 Å². The first kappa shape index (κ1) is 53.0. The van der Waals surface area contributed by atoms with Gasteiger partial charge in [-0.2, -0.15) is 0 Å². The van der Waals surface area contributed by atoms with E-state index in [1.165, 1.54) is 103 Å². The van der Waals surface area contributed by atoms with E-state index in [4.69, 9.17) is 24.3 Å². The summed E-state index contributed by atoms with van der Waals surface area (Å²) in [4.78, 5) is 34.9. The molecule has 0 aromatic rings. The Morgan fingerprint density at radius 1 is 0.545 bits per heavy atom. The predicted molar refractivity (Wildman–Crippen MR) is 229 cm³/mol. The summed E-state index contributed by atoms with van der Waals surface area (Å²) in [7, 11) is -4.38. The van der Waals surface area contributed by atoms with Gasteiger partial charge in [0.1, 0.15) is 6.61 Å². The lowest BCUT2D eigenvalue weighted by atomic mass is 10.1. The van der Waals surface area contributed by atoms with Gasteiger partial charge in [-0.1, -0.05) is 152 Å². The zero-order valence-electron chi connectivity index (χ0n) is 35.2. The Bertz CT molecular complexity index is 1040. The van der Waals surface area contributed by atoms with Gasteiger partial charge in [-0.25, -0.2) is 4.57 Å². The number of esters is 2. The molecule has 0 rings (SSSR count). The summed E-state index contributed by atoms with van der Waals surface area (Å²) < 4.78 is 32.8. The van der Waals surface area contributed by atoms with Crippen LogP contribution >= 0.6 is 7.82 Å². The lowest BCUT2D eigenvalue weighted by molar-refractivity contribution is -0.161. The number of carbonyl (C=O) groups is 2. The Balaban J connectivity index is 4.19. The van der Waals surface area contributed by atoms with Crippen molar-refractivity contribution in [2.45, 2.75) is 200 Å². The van der Waals surface area contributed by atoms with Crippen LogP contribution < -0.4 is 5.73 Å². The van der Waals surface area contributed by atoms with Gasteiger partial charge in [-0.3, -0.25) is 18.6 Å². The number of rotatable bonds is 41. The van der Waals surface area contributed by atoms with Crippen LogP contribution in [0.2, 0.25) is 0 Å². The molecule has 0 amide bonds. The molecular weight excluding hydrogens is 713 g/mol. The van der Waals surface area contributed by atoms with E-state index < -0.39 is 32.5 Å². The fourth-order valence-electron chi connectivity index (χ4n) is 5.87. The molecule has 1 unspecified atom stereocenters. The molecule has 0 radical (unpaired) electrons. The summed E-state index contributed by atoms with van der Waals surface area (Å²) in [6.07, 6.45) is 47.0. The third-order valence-electron chi connectivity index (χ3n) is 9.19. The van der Waals surface area contributed by atoms with Crippen LogP contribution in [0.4, 0.5) is 0 Å². The van der Waals surface area contributed by atoms with E-state index in [1.54, 1.807) is 0 Å². The van der Waals surface area contributed by atoms with Crippen molar-refractivity contribution < 1.29 is 37.6 Å². The van der Waals surface area contributed by atoms with Crippen LogP contribution in [0.15, 0.2) is 48.6 Å². The molecule has 0 saturated carbocycles. The lowest BCUT2D eigenvalue weighted by Gasteiger charge is -2.19. The Morgan fingerprint density at radius 2 is 0.945 bits per heavy atom. The molecule has 0 spiro atoms. The number of unbranched alkanes of at least 4 members (excludes halogenated alkanes) is 20. The average molecular weight is 796 g/mol. The van der Waals surface area contributed by atoms with Crippen molar-refractivity contribution in [2.75, 3.05) is 26.4 Å². The quantitative estimate of drug-likeness (QED) is 0.0268. The molecule has 0 aromatic heterocycles. The second kappa shape index (κ2) is 41.6. The Morgan fingerprint density at radius 3 is 1.45 bits per heavy atom. The van der Waals surface area contributed by atoms with Crippen molar-refractivity contribution in [1.29, 1.82) is 0 Å². The number of phosphoric acid groups is 1. The zero-order chi connectivity index (χ0) is 40.3. The van der Waals surface area contributed by atoms with E-state index in [0.29, 0.717) is 6.42 Å². The summed E-state index contributed by atoms with van der Waals surface area (Å²) in [6.45, 7) is 3.67. The highest BCUT2D eigenvalue weighted by Gasteiger charge is 2.26. The molecule has 0 aliphatic carbocycles. The van der Waals surface area contributed by atoms with Gasteiger partial charge in [0.2, 0.25) is 0 Å². The molecule has 0 aliphatic heterocycles. The van der Waals surface area contributed by atoms with Gasteiger partial charge >= 0.3 is 19.8 Å². The summed E-state index contributed by atoms with van der Waals surface area (Å²) in [5.74, 6) is -0.856. The second-order valence-electron chi connectivity index (χ2n) is 14.6. The largest absolute Gasteiger partial charge is 0.472 e. The minimum atomic E-state index is -4.38. The summed E-state index contributed by atoms with van der Waals surface area (Å²) in [6, 6.07) is 0. The first-order valence-electron chi connectivity index (χ1n) is 22.1. The monoisotopic (exact) mass is 796 g/mol. The third kappa shape index (κ3) is 41.4. The summed E-state index contributed by atoms with van der Waals surface area (Å²) in [5, 5.41) is 0. The number of ether oxygens (including phenoxy) is 2. The standard InChI is InChI=1S/C45H82NO8P/c1-3-5-7-9-11-13-15-17-19-21-23-25-27-29-31-33-35-37-44(47)51-41-43(42-53-55(49,50)52-40-39-46)54-45(48)38-36-34-32-30-28-26-24-22-20-18-16-14-12-10-8-6-4-2/h12-15,18,20,24,26,43H,3-11,16-17,19,21-23,25,27-42,46H2,1-2H3,(H,49,50)/b14-12+,15-13+,20-18+,26-24+/t43-/m1/s1. The number of hydrogen-bond donors (Lipinski definition) is 2. The lowest BCUT2D eigenvalue weighted by Crippen LogP contribution is -2.29. The SMILES string of the molecule is CCCCC/C=C/C/C=C/C/C=C/CCCCCCC(=O)O[C@H](COC(=O)CCCCCCCCCCC/C=C/CCCCCC)COP(=O)(O)OCCN. The molecular formula is C45H82NO8P. The van der Waals surface area contributed by atoms with Crippen molar-refractivity contribution in [3.63, 3.8) is 0 Å². The average Bonchev–Trinajstić information content (AvgIpc) is 3.17. The van der Waals surface area contributed by atoms with Crippen LogP contribution in [-0.4, -0.2) is 49.3 Å². The van der Waals surface area contributed by atoms with E-state index >= 15 is 0 Å². The number of carbonyl (C=O) groups excluding carboxylic acids is 2. The minimum absolute atomic E-state index is 0.0480. The van der Waals surface area contributed by atoms with E-state index in [1.807, 2.05) is 0 Å². The maximum absolute atomic E-state index is 12.6. The minimum Gasteiger partial charge on any atom is -0.462 e. The van der Waals surface area contributed by atoms with Gasteiger partial charge in [0, 0.05) is 19.4 Å². The van der Waals surface area contributed by atoms with Crippen molar-refractivity contribution in [1.82, 2.24) is 0 Å². The van der Waals surface area contributed by atoms with Crippen LogP contribution in [0.1, 0.15) is 194 Å². The number of hydrogen-bond acceptors (Lipinski definition) is 8. The highest BCUT2D eigenvalue weighted by molar-refractivity contribution is 7.47. The predicted octanol–water partition coefficient (Wildman–Crippen LogP) is 12.7. The molecule has 3 N–H and O–H groups in total. The van der Waals surface area contributed by atoms with Crippen molar-refractivity contribution >= 4 is 19.8 Å². The molecule has 2 atom stereocenters. The van der Waals surface area contributed by atoms with E-state index in [0.717, 1.165) is 57.8 Å². The van der Waals surface area contributed by atoms with Crippen molar-refractivity contribution in [3.8, 4) is 0 Å². The number of phosphoric ester groups is 1. The van der Waals surface area contributed by atoms with Crippen LogP contribution in [0.5, 0.6) is 0 Å². The second-order valence-corrected chi connectivity index (χ2v) is 16.0. The Hall–Kier alpha value is -2.03. The van der Waals surface area contributed by atoms with E-state index in [-0.39, 0.29) is 32.6 Å². The van der Waals surface area contributed by atoms with Crippen LogP contribution in [-0.2, 0) is 32.7 Å². The smallest absolute Gasteiger partial charge is 0.462 e. The van der Waals surface area contributed by atoms with E-state index in [9.17, 15) is 19.0 Å².